The van der Waals surface area contributed by atoms with Gasteiger partial charge in [0.1, 0.15) is 6.29 Å². The molecule has 0 atom stereocenters. The van der Waals surface area contributed by atoms with Gasteiger partial charge in [0.25, 0.3) is 11.8 Å². The van der Waals surface area contributed by atoms with Crippen molar-refractivity contribution in [2.45, 2.75) is 13.0 Å². The van der Waals surface area contributed by atoms with E-state index in [-0.39, 0.29) is 24.2 Å². The van der Waals surface area contributed by atoms with Crippen LogP contribution in [0.25, 0.3) is 0 Å². The molecule has 82 valence electrons. The van der Waals surface area contributed by atoms with Gasteiger partial charge in [-0.1, -0.05) is 6.07 Å². The monoisotopic (exact) mass is 219 g/mol. The molecule has 0 saturated carbocycles. The van der Waals surface area contributed by atoms with E-state index in [4.69, 9.17) is 0 Å². The van der Waals surface area contributed by atoms with Crippen LogP contribution >= 0.6 is 0 Å². The number of benzene rings is 1. The lowest BCUT2D eigenvalue weighted by molar-refractivity contribution is -0.107. The molecule has 0 radical (unpaired) electrons. The van der Waals surface area contributed by atoms with Gasteiger partial charge in [0, 0.05) is 6.42 Å². The zero-order valence-electron chi connectivity index (χ0n) is 8.32. The fraction of sp³-hybridized carbons (Fsp3) is 0.182. The third-order valence-corrected chi connectivity index (χ3v) is 2.57. The Hall–Kier alpha value is -2.01. The minimum absolute atomic E-state index is 0.116. The molecule has 0 fully saturated rings. The maximum Gasteiger partial charge on any atom is 0.259 e. The molecule has 5 heteroatoms. The molecule has 5 nitrogen and oxygen atoms in total. The lowest BCUT2D eigenvalue weighted by Crippen LogP contribution is -2.20. The smallest absolute Gasteiger partial charge is 0.259 e. The summed E-state index contributed by atoms with van der Waals surface area (Å²) in [4.78, 5) is 33.3. The van der Waals surface area contributed by atoms with Crippen LogP contribution in [-0.2, 0) is 17.8 Å². The molecule has 1 aromatic rings. The summed E-state index contributed by atoms with van der Waals surface area (Å²) in [6.07, 6.45) is 0.806. The zero-order valence-corrected chi connectivity index (χ0v) is 8.32. The Morgan fingerprint density at radius 2 is 2.00 bits per heavy atom. The van der Waals surface area contributed by atoms with Crippen molar-refractivity contribution in [1.82, 2.24) is 5.32 Å². The molecule has 0 aliphatic carbocycles. The van der Waals surface area contributed by atoms with Crippen molar-refractivity contribution in [1.29, 1.82) is 0 Å². The molecule has 0 aromatic heterocycles. The number of nitrogens with one attached hydrogen (secondary N) is 1. The van der Waals surface area contributed by atoms with Gasteiger partial charge in [-0.25, -0.2) is 0 Å². The molecule has 0 saturated heterocycles. The van der Waals surface area contributed by atoms with E-state index in [1.807, 2.05) is 0 Å². The van der Waals surface area contributed by atoms with E-state index in [0.717, 1.165) is 0 Å². The highest BCUT2D eigenvalue weighted by molar-refractivity contribution is 6.22. The number of rotatable bonds is 3. The molecule has 1 aliphatic heterocycles. The lowest BCUT2D eigenvalue weighted by atomic mass is 9.96. The topological polar surface area (TPSA) is 83.5 Å². The molecule has 1 heterocycles. The average Bonchev–Trinajstić information content (AvgIpc) is 2.55. The summed E-state index contributed by atoms with van der Waals surface area (Å²) in [5.41, 5.74) is 1.37. The zero-order chi connectivity index (χ0) is 11.7. The number of hydrogen-bond donors (Lipinski definition) is 2. The maximum atomic E-state index is 11.5. The fourth-order valence-electron chi connectivity index (χ4n) is 1.83. The van der Waals surface area contributed by atoms with Gasteiger partial charge in [0.15, 0.2) is 0 Å². The Labute approximate surface area is 91.1 Å². The largest absolute Gasteiger partial charge is 0.392 e. The SMILES string of the molecule is O=CCc1ccc2c(c1CO)C(=O)NC2=O. The van der Waals surface area contributed by atoms with E-state index in [9.17, 15) is 19.5 Å². The van der Waals surface area contributed by atoms with Gasteiger partial charge in [-0.2, -0.15) is 0 Å². The molecule has 2 rings (SSSR count). The van der Waals surface area contributed by atoms with Crippen LogP contribution in [0.4, 0.5) is 0 Å². The predicted molar refractivity (Wildman–Crippen MR) is 53.9 cm³/mol. The first-order valence-electron chi connectivity index (χ1n) is 4.74. The van der Waals surface area contributed by atoms with Crippen LogP contribution in [0.1, 0.15) is 31.8 Å². The molecule has 2 N–H and O–H groups in total. The molecule has 2 amide bonds. The van der Waals surface area contributed by atoms with E-state index in [0.29, 0.717) is 17.4 Å². The van der Waals surface area contributed by atoms with Gasteiger partial charge in [-0.3, -0.25) is 14.9 Å². The summed E-state index contributed by atoms with van der Waals surface area (Å²) >= 11 is 0. The summed E-state index contributed by atoms with van der Waals surface area (Å²) in [5, 5.41) is 11.4. The Balaban J connectivity index is 2.65. The summed E-state index contributed by atoms with van der Waals surface area (Å²) in [7, 11) is 0. The summed E-state index contributed by atoms with van der Waals surface area (Å²) < 4.78 is 0. The van der Waals surface area contributed by atoms with E-state index in [2.05, 4.69) is 5.32 Å². The van der Waals surface area contributed by atoms with Crippen molar-refractivity contribution in [2.75, 3.05) is 0 Å². The van der Waals surface area contributed by atoms with Crippen LogP contribution in [0.15, 0.2) is 12.1 Å². The Bertz CT molecular complexity index is 493. The average molecular weight is 219 g/mol. The maximum absolute atomic E-state index is 11.5. The highest BCUT2D eigenvalue weighted by Gasteiger charge is 2.30. The fourth-order valence-corrected chi connectivity index (χ4v) is 1.83. The summed E-state index contributed by atoms with van der Waals surface area (Å²) in [5.74, 6) is -0.982. The van der Waals surface area contributed by atoms with Gasteiger partial charge >= 0.3 is 0 Å². The number of aliphatic hydroxyl groups excluding tert-OH is 1. The molecule has 0 spiro atoms. The number of aldehydes is 1. The van der Waals surface area contributed by atoms with E-state index in [1.54, 1.807) is 6.07 Å². The predicted octanol–water partition coefficient (Wildman–Crippen LogP) is -0.196. The summed E-state index contributed by atoms with van der Waals surface area (Å²) in [6.45, 7) is -0.368. The third-order valence-electron chi connectivity index (χ3n) is 2.57. The Morgan fingerprint density at radius 3 is 2.62 bits per heavy atom. The molecule has 1 aromatic carbocycles. The molecule has 0 bridgehead atoms. The summed E-state index contributed by atoms with van der Waals surface area (Å²) in [6, 6.07) is 3.07. The number of imide groups is 1. The van der Waals surface area contributed by atoms with E-state index >= 15 is 0 Å². The second-order valence-electron chi connectivity index (χ2n) is 3.44. The second kappa shape index (κ2) is 3.86. The highest BCUT2D eigenvalue weighted by Crippen LogP contribution is 2.23. The minimum atomic E-state index is -0.517. The number of carbonyl (C=O) groups excluding carboxylic acids is 3. The third kappa shape index (κ3) is 1.42. The van der Waals surface area contributed by atoms with Crippen molar-refractivity contribution in [2.24, 2.45) is 0 Å². The minimum Gasteiger partial charge on any atom is -0.392 e. The van der Waals surface area contributed by atoms with Crippen molar-refractivity contribution in [3.63, 3.8) is 0 Å². The molecule has 0 unspecified atom stereocenters. The number of amides is 2. The van der Waals surface area contributed by atoms with Gasteiger partial charge in [-0.05, 0) is 17.2 Å². The van der Waals surface area contributed by atoms with E-state index in [1.165, 1.54) is 6.07 Å². The quantitative estimate of drug-likeness (QED) is 0.545. The van der Waals surface area contributed by atoms with Crippen LogP contribution in [-0.4, -0.2) is 23.2 Å². The van der Waals surface area contributed by atoms with Gasteiger partial charge in [-0.15, -0.1) is 0 Å². The number of aliphatic hydroxyl groups is 1. The van der Waals surface area contributed by atoms with Crippen LogP contribution < -0.4 is 5.32 Å². The van der Waals surface area contributed by atoms with Crippen LogP contribution in [0.3, 0.4) is 0 Å². The van der Waals surface area contributed by atoms with Crippen molar-refractivity contribution in [3.8, 4) is 0 Å². The number of carbonyl (C=O) groups is 3. The Morgan fingerprint density at radius 1 is 1.25 bits per heavy atom. The van der Waals surface area contributed by atoms with Gasteiger partial charge in [0.05, 0.1) is 17.7 Å². The molecule has 1 aliphatic rings. The van der Waals surface area contributed by atoms with Crippen LogP contribution in [0, 0.1) is 0 Å². The number of hydrogen-bond acceptors (Lipinski definition) is 4. The number of fused-ring (bicyclic) bond motifs is 1. The first kappa shape index (κ1) is 10.5. The highest BCUT2D eigenvalue weighted by atomic mass is 16.3. The normalized spacial score (nSPS) is 13.6. The second-order valence-corrected chi connectivity index (χ2v) is 3.44. The van der Waals surface area contributed by atoms with Crippen LogP contribution in [0.2, 0.25) is 0 Å². The lowest BCUT2D eigenvalue weighted by Gasteiger charge is -2.07. The Kier molecular flexibility index (Phi) is 2.54. The van der Waals surface area contributed by atoms with Gasteiger partial charge < -0.3 is 9.90 Å². The van der Waals surface area contributed by atoms with Crippen molar-refractivity contribution >= 4 is 18.1 Å². The van der Waals surface area contributed by atoms with Crippen molar-refractivity contribution < 1.29 is 19.5 Å². The van der Waals surface area contributed by atoms with Crippen LogP contribution in [0.5, 0.6) is 0 Å². The molecular weight excluding hydrogens is 210 g/mol. The van der Waals surface area contributed by atoms with Gasteiger partial charge in [0.2, 0.25) is 0 Å². The molecular formula is C11H9NO4. The first-order chi connectivity index (χ1) is 7.69. The standard InChI is InChI=1S/C11H9NO4/c13-4-3-6-1-2-7-9(8(6)5-14)11(16)12-10(7)15/h1-2,4,14H,3,5H2,(H,12,15,16). The van der Waals surface area contributed by atoms with E-state index < -0.39 is 11.8 Å². The molecule has 16 heavy (non-hydrogen) atoms. The van der Waals surface area contributed by atoms with Crippen molar-refractivity contribution in [3.05, 3.63) is 34.4 Å². The first-order valence-corrected chi connectivity index (χ1v) is 4.74.